The molecule has 3 heterocycles. The molecule has 2 aliphatic rings. The third-order valence-electron chi connectivity index (χ3n) is 6.13. The molecule has 3 aromatic rings. The summed E-state index contributed by atoms with van der Waals surface area (Å²) in [5.41, 5.74) is 0.897. The summed E-state index contributed by atoms with van der Waals surface area (Å²) < 4.78 is 11.0. The Morgan fingerprint density at radius 2 is 1.71 bits per heavy atom. The Morgan fingerprint density at radius 3 is 2.38 bits per heavy atom. The summed E-state index contributed by atoms with van der Waals surface area (Å²) in [6.45, 7) is 5.81. The zero-order valence-corrected chi connectivity index (χ0v) is 18.7. The fourth-order valence-electron chi connectivity index (χ4n) is 4.34. The van der Waals surface area contributed by atoms with Crippen LogP contribution in [0.1, 0.15) is 55.2 Å². The number of nitrogens with zero attached hydrogens (tertiary/aromatic N) is 3. The fraction of sp³-hybridized carbons (Fsp3) is 0.240. The fourth-order valence-corrected chi connectivity index (χ4v) is 4.34. The maximum atomic E-state index is 13.0. The molecule has 0 N–H and O–H groups in total. The number of benzene rings is 1. The monoisotopic (exact) mass is 459 g/mol. The molecule has 1 aliphatic heterocycles. The van der Waals surface area contributed by atoms with Gasteiger partial charge in [0.25, 0.3) is 0 Å². The summed E-state index contributed by atoms with van der Waals surface area (Å²) in [4.78, 5) is 58.3. The zero-order chi connectivity index (χ0) is 24.0. The maximum absolute atomic E-state index is 13.0. The maximum Gasteiger partial charge on any atom is 0.347 e. The summed E-state index contributed by atoms with van der Waals surface area (Å²) >= 11 is 0. The van der Waals surface area contributed by atoms with Crippen LogP contribution in [-0.4, -0.2) is 59.5 Å². The van der Waals surface area contributed by atoms with Crippen molar-refractivity contribution in [1.82, 2.24) is 9.88 Å². The second-order valence-corrected chi connectivity index (χ2v) is 8.17. The second kappa shape index (κ2) is 8.26. The lowest BCUT2D eigenvalue weighted by molar-refractivity contribution is -0.129. The van der Waals surface area contributed by atoms with Gasteiger partial charge < -0.3 is 19.0 Å². The minimum atomic E-state index is -0.786. The van der Waals surface area contributed by atoms with Crippen LogP contribution < -0.4 is 9.64 Å². The van der Waals surface area contributed by atoms with Crippen molar-refractivity contribution in [1.29, 1.82) is 0 Å². The van der Waals surface area contributed by atoms with E-state index in [0.29, 0.717) is 31.9 Å². The Morgan fingerprint density at radius 1 is 1.00 bits per heavy atom. The number of hydrogen-bond acceptors (Lipinski definition) is 8. The van der Waals surface area contributed by atoms with Gasteiger partial charge in [0.1, 0.15) is 22.8 Å². The van der Waals surface area contributed by atoms with E-state index in [1.807, 2.05) is 12.1 Å². The third-order valence-corrected chi connectivity index (χ3v) is 6.13. The van der Waals surface area contributed by atoms with Crippen LogP contribution in [-0.2, 0) is 4.79 Å². The first-order valence-electron chi connectivity index (χ1n) is 10.9. The van der Waals surface area contributed by atoms with E-state index in [4.69, 9.17) is 9.15 Å². The first-order valence-corrected chi connectivity index (χ1v) is 10.9. The predicted molar refractivity (Wildman–Crippen MR) is 120 cm³/mol. The standard InChI is InChI=1S/C25H21N3O6/c1-14-19(20-23(31)21-18(4-3-9-26-21)22(30)24(20)33-14)25(32)34-17-7-5-16(6-8-17)28-12-10-27(11-13-28)15(2)29/h3-9H,10-13H2,1-2H3. The molecule has 1 fully saturated rings. The minimum absolute atomic E-state index is 0.0101. The van der Waals surface area contributed by atoms with E-state index in [9.17, 15) is 19.2 Å². The molecule has 2 aromatic heterocycles. The molecule has 0 unspecified atom stereocenters. The second-order valence-electron chi connectivity index (χ2n) is 8.17. The lowest BCUT2D eigenvalue weighted by Crippen LogP contribution is -2.48. The number of aromatic nitrogens is 1. The van der Waals surface area contributed by atoms with Gasteiger partial charge >= 0.3 is 5.97 Å². The van der Waals surface area contributed by atoms with E-state index >= 15 is 0 Å². The van der Waals surface area contributed by atoms with Crippen molar-refractivity contribution in [2.75, 3.05) is 31.1 Å². The molecule has 1 saturated heterocycles. The van der Waals surface area contributed by atoms with Gasteiger partial charge in [-0.1, -0.05) is 0 Å². The van der Waals surface area contributed by atoms with Gasteiger partial charge in [0.2, 0.25) is 17.5 Å². The highest BCUT2D eigenvalue weighted by Crippen LogP contribution is 2.33. The largest absolute Gasteiger partial charge is 0.456 e. The van der Waals surface area contributed by atoms with E-state index in [2.05, 4.69) is 9.88 Å². The van der Waals surface area contributed by atoms with Crippen LogP contribution in [0.4, 0.5) is 5.69 Å². The smallest absolute Gasteiger partial charge is 0.347 e. The van der Waals surface area contributed by atoms with Crippen LogP contribution in [0, 0.1) is 6.92 Å². The molecule has 1 amide bonds. The number of anilines is 1. The lowest BCUT2D eigenvalue weighted by atomic mass is 9.90. The number of ether oxygens (including phenoxy) is 1. The highest BCUT2D eigenvalue weighted by atomic mass is 16.5. The number of furan rings is 1. The topological polar surface area (TPSA) is 110 Å². The summed E-state index contributed by atoms with van der Waals surface area (Å²) in [7, 11) is 0. The molecule has 5 rings (SSSR count). The van der Waals surface area contributed by atoms with E-state index in [-0.39, 0.29) is 39.8 Å². The summed E-state index contributed by atoms with van der Waals surface area (Å²) in [6.07, 6.45) is 1.42. The minimum Gasteiger partial charge on any atom is -0.456 e. The van der Waals surface area contributed by atoms with Gasteiger partial charge in [0, 0.05) is 45.0 Å². The van der Waals surface area contributed by atoms with Gasteiger partial charge in [-0.15, -0.1) is 0 Å². The van der Waals surface area contributed by atoms with Crippen molar-refractivity contribution in [2.24, 2.45) is 0 Å². The van der Waals surface area contributed by atoms with Crippen molar-refractivity contribution in [3.8, 4) is 5.75 Å². The molecular weight excluding hydrogens is 438 g/mol. The molecule has 34 heavy (non-hydrogen) atoms. The van der Waals surface area contributed by atoms with Gasteiger partial charge in [0.05, 0.1) is 11.1 Å². The highest BCUT2D eigenvalue weighted by molar-refractivity contribution is 6.29. The molecule has 0 radical (unpaired) electrons. The number of ketones is 2. The molecule has 0 spiro atoms. The van der Waals surface area contributed by atoms with Crippen molar-refractivity contribution in [3.05, 3.63) is 76.5 Å². The number of amides is 1. The number of carbonyl (C=O) groups excluding carboxylic acids is 4. The van der Waals surface area contributed by atoms with Crippen molar-refractivity contribution < 1.29 is 28.3 Å². The Labute approximate surface area is 194 Å². The van der Waals surface area contributed by atoms with Gasteiger partial charge in [0.15, 0.2) is 5.76 Å². The number of piperazine rings is 1. The zero-order valence-electron chi connectivity index (χ0n) is 18.7. The average Bonchev–Trinajstić information content (AvgIpc) is 3.20. The quantitative estimate of drug-likeness (QED) is 0.340. The summed E-state index contributed by atoms with van der Waals surface area (Å²) in [6, 6.07) is 10.1. The van der Waals surface area contributed by atoms with Gasteiger partial charge in [-0.25, -0.2) is 4.79 Å². The number of pyridine rings is 1. The Kier molecular flexibility index (Phi) is 5.24. The van der Waals surface area contributed by atoms with Crippen molar-refractivity contribution in [3.63, 3.8) is 0 Å². The van der Waals surface area contributed by atoms with E-state index in [0.717, 1.165) is 5.69 Å². The van der Waals surface area contributed by atoms with Crippen molar-refractivity contribution in [2.45, 2.75) is 13.8 Å². The van der Waals surface area contributed by atoms with Crippen LogP contribution >= 0.6 is 0 Å². The normalized spacial score (nSPS) is 15.1. The van der Waals surface area contributed by atoms with E-state index in [1.54, 1.807) is 30.0 Å². The SMILES string of the molecule is CC(=O)N1CCN(c2ccc(OC(=O)c3c(C)oc4c3C(=O)c3ncccc3C4=O)cc2)CC1. The van der Waals surface area contributed by atoms with Gasteiger partial charge in [-0.3, -0.25) is 19.4 Å². The molecule has 1 aliphatic carbocycles. The number of rotatable bonds is 3. The highest BCUT2D eigenvalue weighted by Gasteiger charge is 2.40. The van der Waals surface area contributed by atoms with Gasteiger partial charge in [-0.05, 0) is 43.3 Å². The average molecular weight is 459 g/mol. The third kappa shape index (κ3) is 3.55. The molecule has 172 valence electrons. The first kappa shape index (κ1) is 21.6. The molecule has 0 saturated carbocycles. The predicted octanol–water partition coefficient (Wildman–Crippen LogP) is 2.65. The van der Waals surface area contributed by atoms with Crippen LogP contribution in [0.25, 0.3) is 0 Å². The number of hydrogen-bond donors (Lipinski definition) is 0. The van der Waals surface area contributed by atoms with Crippen molar-refractivity contribution >= 4 is 29.1 Å². The van der Waals surface area contributed by atoms with Crippen LogP contribution in [0.2, 0.25) is 0 Å². The number of carbonyl (C=O) groups is 4. The molecular formula is C25H21N3O6. The Bertz CT molecular complexity index is 1330. The van der Waals surface area contributed by atoms with Crippen LogP contribution in [0.5, 0.6) is 5.75 Å². The number of aryl methyl sites for hydroxylation is 1. The molecule has 9 heteroatoms. The summed E-state index contributed by atoms with van der Waals surface area (Å²) in [5, 5.41) is 0. The molecule has 0 bridgehead atoms. The Hall–Kier alpha value is -4.27. The van der Waals surface area contributed by atoms with E-state index < -0.39 is 17.5 Å². The van der Waals surface area contributed by atoms with E-state index in [1.165, 1.54) is 19.2 Å². The number of esters is 1. The Balaban J connectivity index is 1.35. The van der Waals surface area contributed by atoms with Crippen LogP contribution in [0.15, 0.2) is 47.0 Å². The van der Waals surface area contributed by atoms with Crippen LogP contribution in [0.3, 0.4) is 0 Å². The molecule has 9 nitrogen and oxygen atoms in total. The summed E-state index contributed by atoms with van der Waals surface area (Å²) in [5.74, 6) is -1.51. The molecule has 0 atom stereocenters. The van der Waals surface area contributed by atoms with Gasteiger partial charge in [-0.2, -0.15) is 0 Å². The number of fused-ring (bicyclic) bond motifs is 2. The first-order chi connectivity index (χ1) is 16.3. The lowest BCUT2D eigenvalue weighted by Gasteiger charge is -2.35. The molecule has 1 aromatic carbocycles.